The maximum atomic E-state index is 2.21. The molecule has 0 saturated carbocycles. The van der Waals surface area contributed by atoms with Gasteiger partial charge in [0, 0.05) is 0 Å². The zero-order valence-electron chi connectivity index (χ0n) is 7.57. The summed E-state index contributed by atoms with van der Waals surface area (Å²) in [6, 6.07) is 0. The summed E-state index contributed by atoms with van der Waals surface area (Å²) in [5.74, 6) is 0. The fraction of sp³-hybridized carbons (Fsp3) is 0.600. The van der Waals surface area contributed by atoms with E-state index >= 15 is 0 Å². The first-order valence-corrected chi connectivity index (χ1v) is 4.01. The van der Waals surface area contributed by atoms with E-state index < -0.39 is 0 Å². The second-order valence-electron chi connectivity index (χ2n) is 2.78. The van der Waals surface area contributed by atoms with Gasteiger partial charge < -0.3 is 0 Å². The molecule has 0 aromatic heterocycles. The van der Waals surface area contributed by atoms with Crippen molar-refractivity contribution in [3.8, 4) is 0 Å². The van der Waals surface area contributed by atoms with E-state index in [4.69, 9.17) is 0 Å². The lowest BCUT2D eigenvalue weighted by molar-refractivity contribution is 0.912. The van der Waals surface area contributed by atoms with E-state index in [1.54, 1.807) is 0 Å². The highest BCUT2D eigenvalue weighted by atomic mass is 14.0. The zero-order valence-corrected chi connectivity index (χ0v) is 7.57. The van der Waals surface area contributed by atoms with E-state index in [9.17, 15) is 0 Å². The molecule has 0 aliphatic carbocycles. The Morgan fingerprint density at radius 3 is 2.20 bits per heavy atom. The smallest absolute Gasteiger partial charge is 0.0282 e. The Morgan fingerprint density at radius 1 is 1.30 bits per heavy atom. The van der Waals surface area contributed by atoms with Crippen molar-refractivity contribution in [3.63, 3.8) is 0 Å². The van der Waals surface area contributed by atoms with Crippen molar-refractivity contribution in [2.45, 2.75) is 40.5 Å². The summed E-state index contributed by atoms with van der Waals surface area (Å²) in [5.41, 5.74) is 2.94. The van der Waals surface area contributed by atoms with Gasteiger partial charge in [-0.2, -0.15) is 0 Å². The minimum Gasteiger partial charge on any atom is -0.0874 e. The Hall–Kier alpha value is -0.520. The number of rotatable bonds is 3. The molecule has 0 heterocycles. The first kappa shape index (κ1) is 9.48. The molecule has 0 unspecified atom stereocenters. The Morgan fingerprint density at radius 2 is 1.90 bits per heavy atom. The molecule has 10 heavy (non-hydrogen) atoms. The third-order valence-electron chi connectivity index (χ3n) is 1.53. The van der Waals surface area contributed by atoms with Crippen LogP contribution in [0.4, 0.5) is 0 Å². The molecule has 0 bridgehead atoms. The van der Waals surface area contributed by atoms with E-state index in [-0.39, 0.29) is 0 Å². The molecule has 58 valence electrons. The first-order valence-electron chi connectivity index (χ1n) is 4.01. The highest BCUT2D eigenvalue weighted by Gasteiger charge is 1.91. The predicted molar refractivity (Wildman–Crippen MR) is 48.1 cm³/mol. The average molecular weight is 138 g/mol. The molecule has 0 aromatic rings. The van der Waals surface area contributed by atoms with Gasteiger partial charge in [0.15, 0.2) is 0 Å². The van der Waals surface area contributed by atoms with Gasteiger partial charge in [0.25, 0.3) is 0 Å². The maximum absolute atomic E-state index is 2.21. The van der Waals surface area contributed by atoms with Gasteiger partial charge in [0.2, 0.25) is 0 Å². The summed E-state index contributed by atoms with van der Waals surface area (Å²) < 4.78 is 0. The average Bonchev–Trinajstić information content (AvgIpc) is 1.87. The third kappa shape index (κ3) is 3.49. The molecule has 0 saturated heterocycles. The van der Waals surface area contributed by atoms with Crippen molar-refractivity contribution >= 4 is 0 Å². The van der Waals surface area contributed by atoms with Crippen LogP contribution in [0.15, 0.2) is 23.3 Å². The van der Waals surface area contributed by atoms with Crippen LogP contribution in [-0.4, -0.2) is 0 Å². The summed E-state index contributed by atoms with van der Waals surface area (Å²) in [4.78, 5) is 0. The second-order valence-corrected chi connectivity index (χ2v) is 2.78. The van der Waals surface area contributed by atoms with Crippen LogP contribution in [0.1, 0.15) is 40.5 Å². The number of allylic oxidation sites excluding steroid dienone is 4. The van der Waals surface area contributed by atoms with Gasteiger partial charge in [-0.3, -0.25) is 0 Å². The van der Waals surface area contributed by atoms with Gasteiger partial charge >= 0.3 is 0 Å². The van der Waals surface area contributed by atoms with Crippen molar-refractivity contribution in [1.29, 1.82) is 0 Å². The minimum absolute atomic E-state index is 1.21. The van der Waals surface area contributed by atoms with Gasteiger partial charge in [-0.25, -0.2) is 0 Å². The van der Waals surface area contributed by atoms with Crippen molar-refractivity contribution in [3.05, 3.63) is 23.3 Å². The normalized spacial score (nSPS) is 10.4. The Labute approximate surface area is 64.6 Å². The van der Waals surface area contributed by atoms with Crippen molar-refractivity contribution in [1.82, 2.24) is 0 Å². The summed E-state index contributed by atoms with van der Waals surface area (Å²) in [5, 5.41) is 0. The van der Waals surface area contributed by atoms with E-state index in [2.05, 4.69) is 39.8 Å². The highest BCUT2D eigenvalue weighted by molar-refractivity contribution is 5.22. The van der Waals surface area contributed by atoms with Crippen LogP contribution in [0.3, 0.4) is 0 Å². The molecule has 0 heteroatoms. The van der Waals surface area contributed by atoms with Crippen LogP contribution < -0.4 is 0 Å². The summed E-state index contributed by atoms with van der Waals surface area (Å²) in [6.45, 7) is 8.63. The molecule has 0 atom stereocenters. The van der Waals surface area contributed by atoms with E-state index in [1.807, 2.05) is 0 Å². The lowest BCUT2D eigenvalue weighted by atomic mass is 10.1. The van der Waals surface area contributed by atoms with Crippen molar-refractivity contribution < 1.29 is 0 Å². The Bertz CT molecular complexity index is 134. The molecule has 0 rings (SSSR count). The van der Waals surface area contributed by atoms with Crippen molar-refractivity contribution in [2.75, 3.05) is 0 Å². The maximum Gasteiger partial charge on any atom is -0.0282 e. The van der Waals surface area contributed by atoms with Gasteiger partial charge in [0.05, 0.1) is 0 Å². The zero-order chi connectivity index (χ0) is 7.98. The van der Waals surface area contributed by atoms with Crippen LogP contribution in [0.2, 0.25) is 0 Å². The van der Waals surface area contributed by atoms with Gasteiger partial charge in [-0.05, 0) is 32.8 Å². The topological polar surface area (TPSA) is 0 Å². The molecule has 0 nitrogen and oxygen atoms in total. The molecule has 0 fully saturated rings. The van der Waals surface area contributed by atoms with Gasteiger partial charge in [0.1, 0.15) is 0 Å². The first-order chi connectivity index (χ1) is 4.72. The fourth-order valence-electron chi connectivity index (χ4n) is 0.971. The molecule has 0 amide bonds. The monoisotopic (exact) mass is 138 g/mol. The standard InChI is InChI=1S/C10H18/c1-5-7-10(8-6-2)9(3)4/h5,7H,6,8H2,1-4H3/b7-5-. The Balaban J connectivity index is 4.13. The van der Waals surface area contributed by atoms with Gasteiger partial charge in [-0.15, -0.1) is 0 Å². The van der Waals surface area contributed by atoms with Gasteiger partial charge in [-0.1, -0.05) is 31.1 Å². The van der Waals surface area contributed by atoms with Crippen LogP contribution in [0.25, 0.3) is 0 Å². The lowest BCUT2D eigenvalue weighted by Crippen LogP contribution is -1.80. The van der Waals surface area contributed by atoms with Crippen LogP contribution in [0.5, 0.6) is 0 Å². The quantitative estimate of drug-likeness (QED) is 0.522. The van der Waals surface area contributed by atoms with Crippen LogP contribution >= 0.6 is 0 Å². The largest absolute Gasteiger partial charge is 0.0874 e. The molecule has 0 N–H and O–H groups in total. The Kier molecular flexibility index (Phi) is 5.00. The van der Waals surface area contributed by atoms with E-state index in [1.165, 1.54) is 24.0 Å². The molecule has 0 aliphatic heterocycles. The SMILES string of the molecule is C/C=C\C(CCC)=C(C)C. The molecule has 0 radical (unpaired) electrons. The summed E-state index contributed by atoms with van der Waals surface area (Å²) in [7, 11) is 0. The van der Waals surface area contributed by atoms with E-state index in [0.29, 0.717) is 0 Å². The molecular formula is C10H18. The summed E-state index contributed by atoms with van der Waals surface area (Å²) in [6.07, 6.45) is 6.77. The predicted octanol–water partition coefficient (Wildman–Crippen LogP) is 3.70. The molecule has 0 aromatic carbocycles. The minimum atomic E-state index is 1.21. The van der Waals surface area contributed by atoms with Crippen LogP contribution in [0, 0.1) is 0 Å². The third-order valence-corrected chi connectivity index (χ3v) is 1.53. The van der Waals surface area contributed by atoms with E-state index in [0.717, 1.165) is 0 Å². The lowest BCUT2D eigenvalue weighted by Gasteiger charge is -2.01. The molecule has 0 aliphatic rings. The summed E-state index contributed by atoms with van der Waals surface area (Å²) >= 11 is 0. The highest BCUT2D eigenvalue weighted by Crippen LogP contribution is 2.11. The molecular weight excluding hydrogens is 120 g/mol. The molecule has 0 spiro atoms. The fourth-order valence-corrected chi connectivity index (χ4v) is 0.971. The van der Waals surface area contributed by atoms with Crippen LogP contribution in [-0.2, 0) is 0 Å². The number of hydrogen-bond donors (Lipinski definition) is 0. The number of hydrogen-bond acceptors (Lipinski definition) is 0. The van der Waals surface area contributed by atoms with Crippen molar-refractivity contribution in [2.24, 2.45) is 0 Å². The second kappa shape index (κ2) is 5.28.